The van der Waals surface area contributed by atoms with E-state index in [2.05, 4.69) is 5.32 Å². The second-order valence-corrected chi connectivity index (χ2v) is 9.98. The van der Waals surface area contributed by atoms with Gasteiger partial charge in [-0.1, -0.05) is 30.3 Å². The van der Waals surface area contributed by atoms with Crippen molar-refractivity contribution < 1.29 is 31.5 Å². The van der Waals surface area contributed by atoms with E-state index in [-0.39, 0.29) is 31.5 Å². The van der Waals surface area contributed by atoms with Gasteiger partial charge in [0, 0.05) is 30.0 Å². The van der Waals surface area contributed by atoms with Crippen molar-refractivity contribution in [3.63, 3.8) is 0 Å². The van der Waals surface area contributed by atoms with Crippen LogP contribution in [0.5, 0.6) is 0 Å². The Balaban J connectivity index is 1.70. The van der Waals surface area contributed by atoms with Crippen molar-refractivity contribution in [2.45, 2.75) is 25.3 Å². The van der Waals surface area contributed by atoms with Gasteiger partial charge in [-0.25, -0.2) is 22.0 Å². The van der Waals surface area contributed by atoms with Crippen LogP contribution < -0.4 is 5.32 Å². The second kappa shape index (κ2) is 10.4. The molecule has 182 valence electrons. The topological polar surface area (TPSA) is 92.8 Å². The molecule has 34 heavy (non-hydrogen) atoms. The van der Waals surface area contributed by atoms with E-state index in [9.17, 15) is 26.8 Å². The third kappa shape index (κ3) is 5.68. The first kappa shape index (κ1) is 25.5. The first-order valence-corrected chi connectivity index (χ1v) is 12.2. The summed E-state index contributed by atoms with van der Waals surface area (Å²) in [5.41, 5.74) is -1.58. The van der Waals surface area contributed by atoms with Gasteiger partial charge in [-0.3, -0.25) is 4.79 Å². The number of carbonyl (C=O) groups is 2. The maximum absolute atomic E-state index is 14.4. The van der Waals surface area contributed by atoms with E-state index in [1.165, 1.54) is 17.3 Å². The molecule has 2 aromatic rings. The summed E-state index contributed by atoms with van der Waals surface area (Å²) in [5, 5.41) is 3.63. The number of halogens is 2. The molecule has 1 heterocycles. The summed E-state index contributed by atoms with van der Waals surface area (Å²) in [4.78, 5) is 25.4. The van der Waals surface area contributed by atoms with Crippen molar-refractivity contribution in [3.8, 4) is 0 Å². The molecule has 0 aliphatic carbocycles. The maximum Gasteiger partial charge on any atom is 0.336 e. The molecule has 1 N–H and O–H groups in total. The number of carbonyl (C=O) groups excluding carboxylic acids is 2. The van der Waals surface area contributed by atoms with E-state index in [0.717, 1.165) is 36.3 Å². The van der Waals surface area contributed by atoms with Gasteiger partial charge in [0.15, 0.2) is 5.54 Å². The molecule has 7 nitrogen and oxygen atoms in total. The second-order valence-electron chi connectivity index (χ2n) is 8.16. The normalized spacial score (nSPS) is 17.3. The molecule has 10 heteroatoms. The number of hydrogen-bond donors (Lipinski definition) is 1. The number of piperidine rings is 1. The van der Waals surface area contributed by atoms with E-state index in [1.807, 2.05) is 6.07 Å². The van der Waals surface area contributed by atoms with Gasteiger partial charge < -0.3 is 10.1 Å². The van der Waals surface area contributed by atoms with Crippen molar-refractivity contribution in [2.75, 3.05) is 20.2 Å². The summed E-state index contributed by atoms with van der Waals surface area (Å²) >= 11 is 0. The van der Waals surface area contributed by atoms with E-state index in [4.69, 9.17) is 4.74 Å². The highest BCUT2D eigenvalue weighted by molar-refractivity contribution is 7.92. The zero-order valence-corrected chi connectivity index (χ0v) is 19.6. The lowest BCUT2D eigenvalue weighted by Gasteiger charge is -2.33. The zero-order valence-electron chi connectivity index (χ0n) is 18.8. The first-order valence-electron chi connectivity index (χ1n) is 10.7. The van der Waals surface area contributed by atoms with E-state index < -0.39 is 45.0 Å². The van der Waals surface area contributed by atoms with Crippen molar-refractivity contribution >= 4 is 28.0 Å². The highest BCUT2D eigenvalue weighted by Gasteiger charge is 2.42. The number of amides is 1. The molecule has 2 aromatic carbocycles. The molecule has 1 saturated heterocycles. The molecule has 0 radical (unpaired) electrons. The summed E-state index contributed by atoms with van der Waals surface area (Å²) in [6.45, 7) is 1.44. The molecule has 0 unspecified atom stereocenters. The predicted molar refractivity (Wildman–Crippen MR) is 123 cm³/mol. The monoisotopic (exact) mass is 492 g/mol. The van der Waals surface area contributed by atoms with E-state index >= 15 is 0 Å². The molecule has 0 bridgehead atoms. The van der Waals surface area contributed by atoms with Crippen LogP contribution in [0.1, 0.15) is 30.9 Å². The van der Waals surface area contributed by atoms with Crippen LogP contribution in [-0.4, -0.2) is 44.8 Å². The number of benzene rings is 2. The molecule has 1 atom stereocenters. The predicted octanol–water partition coefficient (Wildman–Crippen LogP) is 3.18. The minimum absolute atomic E-state index is 0.100. The lowest BCUT2D eigenvalue weighted by Crippen LogP contribution is -2.53. The van der Waals surface area contributed by atoms with Gasteiger partial charge >= 0.3 is 5.97 Å². The summed E-state index contributed by atoms with van der Waals surface area (Å²) in [6, 6.07) is 11.6. The van der Waals surface area contributed by atoms with Crippen LogP contribution in [0, 0.1) is 17.6 Å². The Labute approximate surface area is 197 Å². The quantitative estimate of drug-likeness (QED) is 0.600. The van der Waals surface area contributed by atoms with Crippen LogP contribution in [0.4, 0.5) is 8.78 Å². The lowest BCUT2D eigenvalue weighted by atomic mass is 9.89. The SMILES string of the molecule is COC(=O)[C@@](C)(NC(=O)C1CCN(S(=O)(=O)/C=C/c2ccccc2)CC1)c1cc(F)ccc1F. The fourth-order valence-electron chi connectivity index (χ4n) is 3.85. The van der Waals surface area contributed by atoms with Crippen LogP contribution in [0.25, 0.3) is 6.08 Å². The standard InChI is InChI=1S/C24H26F2N2O5S/c1-24(23(30)33-2,20-16-19(25)8-9-21(20)26)27-22(29)18-10-13-28(14-11-18)34(31,32)15-12-17-6-4-3-5-7-17/h3-9,12,15-16,18H,10-11,13-14H2,1-2H3,(H,27,29)/b15-12+/t24-/m0/s1. The highest BCUT2D eigenvalue weighted by Crippen LogP contribution is 2.28. The Kier molecular flexibility index (Phi) is 7.83. The third-order valence-electron chi connectivity index (χ3n) is 5.85. The summed E-state index contributed by atoms with van der Waals surface area (Å²) in [6.07, 6.45) is 1.91. The van der Waals surface area contributed by atoms with Gasteiger partial charge in [0.2, 0.25) is 15.9 Å². The Morgan fingerprint density at radius 3 is 2.38 bits per heavy atom. The molecule has 0 saturated carbocycles. The molecule has 3 rings (SSSR count). The van der Waals surface area contributed by atoms with Crippen LogP contribution in [0.15, 0.2) is 53.9 Å². The van der Waals surface area contributed by atoms with Gasteiger partial charge in [0.25, 0.3) is 0 Å². The molecular formula is C24H26F2N2O5S. The number of nitrogens with one attached hydrogen (secondary N) is 1. The number of hydrogen-bond acceptors (Lipinski definition) is 5. The van der Waals surface area contributed by atoms with Crippen LogP contribution >= 0.6 is 0 Å². The molecular weight excluding hydrogens is 466 g/mol. The Hall–Kier alpha value is -3.11. The van der Waals surface area contributed by atoms with Crippen molar-refractivity contribution in [2.24, 2.45) is 5.92 Å². The minimum atomic E-state index is -3.68. The highest BCUT2D eigenvalue weighted by atomic mass is 32.2. The number of esters is 1. The first-order chi connectivity index (χ1) is 16.1. The van der Waals surface area contributed by atoms with Gasteiger partial charge in [0.05, 0.1) is 7.11 Å². The zero-order chi connectivity index (χ0) is 24.9. The Morgan fingerprint density at radius 2 is 1.76 bits per heavy atom. The van der Waals surface area contributed by atoms with Crippen LogP contribution in [0.2, 0.25) is 0 Å². The number of ether oxygens (including phenoxy) is 1. The molecule has 1 aliphatic heterocycles. The fourth-order valence-corrected chi connectivity index (χ4v) is 5.07. The van der Waals surface area contributed by atoms with Crippen LogP contribution in [-0.2, 0) is 29.9 Å². The maximum atomic E-state index is 14.4. The lowest BCUT2D eigenvalue weighted by molar-refractivity contribution is -0.151. The van der Waals surface area contributed by atoms with Crippen molar-refractivity contribution in [3.05, 3.63) is 76.7 Å². The molecule has 0 aromatic heterocycles. The minimum Gasteiger partial charge on any atom is -0.467 e. The number of nitrogens with zero attached hydrogens (tertiary/aromatic N) is 1. The van der Waals surface area contributed by atoms with Gasteiger partial charge in [-0.2, -0.15) is 4.31 Å². The molecule has 1 aliphatic rings. The molecule has 0 spiro atoms. The van der Waals surface area contributed by atoms with Crippen molar-refractivity contribution in [1.29, 1.82) is 0 Å². The van der Waals surface area contributed by atoms with Gasteiger partial charge in [-0.05, 0) is 49.6 Å². The summed E-state index contributed by atoms with van der Waals surface area (Å²) in [5.74, 6) is -3.81. The number of rotatable bonds is 7. The van der Waals surface area contributed by atoms with E-state index in [1.54, 1.807) is 24.3 Å². The summed E-state index contributed by atoms with van der Waals surface area (Å²) < 4.78 is 59.5. The Morgan fingerprint density at radius 1 is 1.12 bits per heavy atom. The van der Waals surface area contributed by atoms with Gasteiger partial charge in [0.1, 0.15) is 11.6 Å². The van der Waals surface area contributed by atoms with Crippen LogP contribution in [0.3, 0.4) is 0 Å². The Bertz CT molecular complexity index is 1180. The molecule has 1 amide bonds. The average Bonchev–Trinajstić information content (AvgIpc) is 2.84. The average molecular weight is 493 g/mol. The molecule has 1 fully saturated rings. The number of methoxy groups -OCH3 is 1. The van der Waals surface area contributed by atoms with Crippen molar-refractivity contribution in [1.82, 2.24) is 9.62 Å². The third-order valence-corrected chi connectivity index (χ3v) is 7.42. The summed E-state index contributed by atoms with van der Waals surface area (Å²) in [7, 11) is -2.60. The van der Waals surface area contributed by atoms with E-state index in [0.29, 0.717) is 0 Å². The fraction of sp³-hybridized carbons (Fsp3) is 0.333. The number of sulfonamides is 1. The van der Waals surface area contributed by atoms with Gasteiger partial charge in [-0.15, -0.1) is 0 Å². The smallest absolute Gasteiger partial charge is 0.336 e. The largest absolute Gasteiger partial charge is 0.467 e.